The summed E-state index contributed by atoms with van der Waals surface area (Å²) in [5, 5.41) is 3.20. The van der Waals surface area contributed by atoms with Gasteiger partial charge in [0.05, 0.1) is 10.2 Å². The summed E-state index contributed by atoms with van der Waals surface area (Å²) in [6.45, 7) is 4.81. The zero-order chi connectivity index (χ0) is 14.7. The van der Waals surface area contributed by atoms with Crippen LogP contribution in [0.15, 0.2) is 27.1 Å². The molecule has 20 heavy (non-hydrogen) atoms. The first-order valence-corrected chi connectivity index (χ1v) is 7.91. The molecule has 6 heteroatoms. The summed E-state index contributed by atoms with van der Waals surface area (Å²) in [6.07, 6.45) is 0.785. The first-order chi connectivity index (χ1) is 9.56. The van der Waals surface area contributed by atoms with E-state index in [1.54, 1.807) is 6.07 Å². The van der Waals surface area contributed by atoms with E-state index in [9.17, 15) is 4.39 Å². The fraction of sp³-hybridized carbons (Fsp3) is 0.286. The highest BCUT2D eigenvalue weighted by atomic mass is 79.9. The van der Waals surface area contributed by atoms with Gasteiger partial charge in [-0.1, -0.05) is 6.92 Å². The van der Waals surface area contributed by atoms with Gasteiger partial charge < -0.3 is 5.32 Å². The Bertz CT molecular complexity index is 632. The Balaban J connectivity index is 2.58. The number of hydrogen-bond donors (Lipinski definition) is 1. The smallest absolute Gasteiger partial charge is 0.162 e. The molecule has 0 atom stereocenters. The maximum atomic E-state index is 13.2. The second-order valence-electron chi connectivity index (χ2n) is 4.16. The Hall–Kier alpha value is -1.01. The van der Waals surface area contributed by atoms with Gasteiger partial charge in [0.2, 0.25) is 0 Å². The van der Waals surface area contributed by atoms with Crippen LogP contribution in [0.2, 0.25) is 0 Å². The average molecular weight is 403 g/mol. The van der Waals surface area contributed by atoms with Crippen LogP contribution >= 0.6 is 31.9 Å². The van der Waals surface area contributed by atoms with Crippen molar-refractivity contribution in [2.75, 3.05) is 11.9 Å². The molecule has 2 rings (SSSR count). The highest BCUT2D eigenvalue weighted by Gasteiger charge is 2.14. The van der Waals surface area contributed by atoms with E-state index < -0.39 is 0 Å². The van der Waals surface area contributed by atoms with Gasteiger partial charge in [-0.2, -0.15) is 0 Å². The van der Waals surface area contributed by atoms with Gasteiger partial charge in [0, 0.05) is 16.6 Å². The molecule has 0 amide bonds. The summed E-state index contributed by atoms with van der Waals surface area (Å²) < 4.78 is 14.7. The molecule has 0 saturated heterocycles. The Kier molecular flexibility index (Phi) is 5.10. The Labute approximate surface area is 134 Å². The molecular formula is C14H14Br2FN3. The number of benzene rings is 1. The van der Waals surface area contributed by atoms with Crippen LogP contribution in [0.1, 0.15) is 19.5 Å². The molecule has 0 fully saturated rings. The van der Waals surface area contributed by atoms with Gasteiger partial charge in [-0.25, -0.2) is 14.4 Å². The minimum absolute atomic E-state index is 0.291. The van der Waals surface area contributed by atoms with Crippen LogP contribution in [0.4, 0.5) is 10.2 Å². The molecule has 106 valence electrons. The number of rotatable bonds is 4. The van der Waals surface area contributed by atoms with Crippen molar-refractivity contribution < 1.29 is 4.39 Å². The molecule has 1 aromatic carbocycles. The molecule has 0 aliphatic heterocycles. The van der Waals surface area contributed by atoms with Gasteiger partial charge in [-0.3, -0.25) is 0 Å². The first kappa shape index (κ1) is 15.4. The molecule has 0 aliphatic carbocycles. The lowest BCUT2D eigenvalue weighted by Gasteiger charge is -2.12. The molecule has 0 unspecified atom stereocenters. The van der Waals surface area contributed by atoms with Crippen LogP contribution < -0.4 is 5.32 Å². The molecule has 0 spiro atoms. The van der Waals surface area contributed by atoms with Gasteiger partial charge in [0.15, 0.2) is 5.82 Å². The zero-order valence-electron chi connectivity index (χ0n) is 11.2. The normalized spacial score (nSPS) is 10.7. The number of aromatic nitrogens is 2. The van der Waals surface area contributed by atoms with E-state index in [1.165, 1.54) is 12.1 Å². The van der Waals surface area contributed by atoms with E-state index in [4.69, 9.17) is 0 Å². The number of anilines is 1. The van der Waals surface area contributed by atoms with Crippen molar-refractivity contribution in [1.29, 1.82) is 0 Å². The quantitative estimate of drug-likeness (QED) is 0.797. The summed E-state index contributed by atoms with van der Waals surface area (Å²) >= 11 is 6.88. The second-order valence-corrected chi connectivity index (χ2v) is 5.81. The molecule has 0 aliphatic rings. The highest BCUT2D eigenvalue weighted by Crippen LogP contribution is 2.31. The fourth-order valence-electron chi connectivity index (χ4n) is 1.80. The van der Waals surface area contributed by atoms with Crippen molar-refractivity contribution >= 4 is 37.7 Å². The van der Waals surface area contributed by atoms with Crippen LogP contribution in [0.3, 0.4) is 0 Å². The van der Waals surface area contributed by atoms with Crippen LogP contribution in [0, 0.1) is 5.82 Å². The van der Waals surface area contributed by atoms with Crippen molar-refractivity contribution in [2.45, 2.75) is 20.3 Å². The monoisotopic (exact) mass is 401 g/mol. The second kappa shape index (κ2) is 6.63. The molecule has 3 nitrogen and oxygen atoms in total. The fourth-order valence-corrected chi connectivity index (χ4v) is 2.93. The lowest BCUT2D eigenvalue weighted by atomic mass is 10.2. The van der Waals surface area contributed by atoms with Crippen LogP contribution in [-0.2, 0) is 6.42 Å². The lowest BCUT2D eigenvalue weighted by molar-refractivity contribution is 0.627. The van der Waals surface area contributed by atoms with Crippen molar-refractivity contribution in [3.63, 3.8) is 0 Å². The van der Waals surface area contributed by atoms with Crippen molar-refractivity contribution in [2.24, 2.45) is 0 Å². The predicted molar refractivity (Wildman–Crippen MR) is 86.4 cm³/mol. The standard InChI is InChI=1S/C14H14Br2FN3/c1-3-11-12(16)14(18-4-2)20-13(19-11)9-6-5-8(17)7-10(9)15/h5-7H,3-4H2,1-2H3,(H,18,19,20). The minimum atomic E-state index is -0.291. The third-order valence-electron chi connectivity index (χ3n) is 2.77. The van der Waals surface area contributed by atoms with Crippen molar-refractivity contribution in [3.8, 4) is 11.4 Å². The average Bonchev–Trinajstić information content (AvgIpc) is 2.41. The number of aryl methyl sites for hydroxylation is 1. The van der Waals surface area contributed by atoms with E-state index in [0.717, 1.165) is 34.5 Å². The number of nitrogens with one attached hydrogen (secondary N) is 1. The maximum absolute atomic E-state index is 13.2. The van der Waals surface area contributed by atoms with Gasteiger partial charge in [0.1, 0.15) is 11.6 Å². The van der Waals surface area contributed by atoms with Gasteiger partial charge >= 0.3 is 0 Å². The first-order valence-electron chi connectivity index (χ1n) is 6.32. The van der Waals surface area contributed by atoms with E-state index in [-0.39, 0.29) is 5.82 Å². The summed E-state index contributed by atoms with van der Waals surface area (Å²) in [6, 6.07) is 4.50. The van der Waals surface area contributed by atoms with Crippen molar-refractivity contribution in [3.05, 3.63) is 38.7 Å². The Morgan fingerprint density at radius 3 is 2.55 bits per heavy atom. The molecule has 2 aromatic rings. The summed E-state index contributed by atoms with van der Waals surface area (Å²) in [5.41, 5.74) is 1.69. The molecule has 0 bridgehead atoms. The molecule has 0 radical (unpaired) electrons. The summed E-state index contributed by atoms with van der Waals surface area (Å²) in [7, 11) is 0. The van der Waals surface area contributed by atoms with E-state index in [1.807, 2.05) is 13.8 Å². The number of halogens is 3. The third kappa shape index (κ3) is 3.17. The van der Waals surface area contributed by atoms with Crippen molar-refractivity contribution in [1.82, 2.24) is 9.97 Å². The van der Waals surface area contributed by atoms with Crippen LogP contribution in [-0.4, -0.2) is 16.5 Å². The third-order valence-corrected chi connectivity index (χ3v) is 4.26. The molecule has 0 saturated carbocycles. The van der Waals surface area contributed by atoms with Crippen LogP contribution in [0.5, 0.6) is 0 Å². The lowest BCUT2D eigenvalue weighted by Crippen LogP contribution is -2.06. The number of hydrogen-bond acceptors (Lipinski definition) is 3. The van der Waals surface area contributed by atoms with Gasteiger partial charge in [-0.05, 0) is 63.4 Å². The van der Waals surface area contributed by atoms with E-state index in [0.29, 0.717) is 10.3 Å². The van der Waals surface area contributed by atoms with E-state index in [2.05, 4.69) is 47.1 Å². The molecule has 1 N–H and O–H groups in total. The Morgan fingerprint density at radius 2 is 1.95 bits per heavy atom. The van der Waals surface area contributed by atoms with Gasteiger partial charge in [-0.15, -0.1) is 0 Å². The molecule has 1 aromatic heterocycles. The van der Waals surface area contributed by atoms with Crippen LogP contribution in [0.25, 0.3) is 11.4 Å². The molecular weight excluding hydrogens is 389 g/mol. The SMILES string of the molecule is CCNc1nc(-c2ccc(F)cc2Br)nc(CC)c1Br. The predicted octanol–water partition coefficient (Wildman–Crippen LogP) is 4.80. The largest absolute Gasteiger partial charge is 0.369 e. The highest BCUT2D eigenvalue weighted by molar-refractivity contribution is 9.11. The summed E-state index contributed by atoms with van der Waals surface area (Å²) in [5.74, 6) is 1.04. The number of nitrogens with zero attached hydrogens (tertiary/aromatic N) is 2. The minimum Gasteiger partial charge on any atom is -0.369 e. The molecule has 1 heterocycles. The topological polar surface area (TPSA) is 37.8 Å². The Morgan fingerprint density at radius 1 is 1.20 bits per heavy atom. The van der Waals surface area contributed by atoms with E-state index >= 15 is 0 Å². The summed E-state index contributed by atoms with van der Waals surface area (Å²) in [4.78, 5) is 9.05. The zero-order valence-corrected chi connectivity index (χ0v) is 14.3. The van der Waals surface area contributed by atoms with Gasteiger partial charge in [0.25, 0.3) is 0 Å². The maximum Gasteiger partial charge on any atom is 0.162 e.